The predicted molar refractivity (Wildman–Crippen MR) is 122 cm³/mol. The van der Waals surface area contributed by atoms with Gasteiger partial charge in [0, 0.05) is 43.6 Å². The van der Waals surface area contributed by atoms with Crippen LogP contribution in [0.15, 0.2) is 48.7 Å². The van der Waals surface area contributed by atoms with Crippen molar-refractivity contribution in [2.24, 2.45) is 0 Å². The molecule has 0 unspecified atom stereocenters. The summed E-state index contributed by atoms with van der Waals surface area (Å²) in [7, 11) is 0. The molecule has 0 saturated carbocycles. The van der Waals surface area contributed by atoms with Gasteiger partial charge < -0.3 is 9.80 Å². The van der Waals surface area contributed by atoms with Crippen molar-refractivity contribution < 1.29 is 4.79 Å². The molecule has 0 atom stereocenters. The van der Waals surface area contributed by atoms with Gasteiger partial charge in [0.15, 0.2) is 5.69 Å². The first-order chi connectivity index (χ1) is 15.8. The third-order valence-electron chi connectivity index (χ3n) is 6.41. The highest BCUT2D eigenvalue weighted by atomic mass is 16.2. The van der Waals surface area contributed by atoms with Gasteiger partial charge >= 0.3 is 0 Å². The summed E-state index contributed by atoms with van der Waals surface area (Å²) in [6, 6.07) is 15.9. The Morgan fingerprint density at radius 3 is 2.50 bits per heavy atom. The normalized spacial score (nSPS) is 16.2. The lowest BCUT2D eigenvalue weighted by molar-refractivity contribution is 0.0739. The van der Waals surface area contributed by atoms with Gasteiger partial charge in [0.1, 0.15) is 11.9 Å². The van der Waals surface area contributed by atoms with E-state index in [1.807, 2.05) is 39.9 Å². The summed E-state index contributed by atoms with van der Waals surface area (Å²) in [4.78, 5) is 21.9. The van der Waals surface area contributed by atoms with Crippen molar-refractivity contribution in [1.29, 1.82) is 5.26 Å². The molecule has 3 aromatic rings. The van der Waals surface area contributed by atoms with Crippen molar-refractivity contribution >= 4 is 11.7 Å². The van der Waals surface area contributed by atoms with E-state index in [1.54, 1.807) is 18.3 Å². The molecule has 5 rings (SSSR count). The molecule has 162 valence electrons. The van der Waals surface area contributed by atoms with Crippen LogP contribution in [-0.2, 0) is 12.8 Å². The highest BCUT2D eigenvalue weighted by Crippen LogP contribution is 2.28. The molecule has 1 aromatic carbocycles. The van der Waals surface area contributed by atoms with E-state index in [9.17, 15) is 10.1 Å². The zero-order valence-corrected chi connectivity index (χ0v) is 18.1. The van der Waals surface area contributed by atoms with E-state index in [2.05, 4.69) is 16.0 Å². The van der Waals surface area contributed by atoms with Crippen molar-refractivity contribution in [2.75, 3.05) is 31.1 Å². The SMILES string of the molecule is N#Cc1cccnc1N1CCN(C(=O)c2nn(-c3ccccc3)c3c2CCCCC3)CC1. The van der Waals surface area contributed by atoms with Crippen molar-refractivity contribution in [3.8, 4) is 11.8 Å². The molecular formula is C25H26N6O. The van der Waals surface area contributed by atoms with Gasteiger partial charge in [-0.3, -0.25) is 4.79 Å². The van der Waals surface area contributed by atoms with E-state index in [4.69, 9.17) is 5.10 Å². The fraction of sp³-hybridized carbons (Fsp3) is 0.360. The lowest BCUT2D eigenvalue weighted by atomic mass is 10.1. The molecule has 1 aliphatic heterocycles. The average Bonchev–Trinajstić information content (AvgIpc) is 3.04. The minimum absolute atomic E-state index is 0.0130. The summed E-state index contributed by atoms with van der Waals surface area (Å²) < 4.78 is 1.98. The largest absolute Gasteiger partial charge is 0.352 e. The predicted octanol–water partition coefficient (Wildman–Crippen LogP) is 3.37. The number of aromatic nitrogens is 3. The fourth-order valence-corrected chi connectivity index (χ4v) is 4.74. The number of hydrogen-bond acceptors (Lipinski definition) is 5. The van der Waals surface area contributed by atoms with Crippen LogP contribution in [0.1, 0.15) is 46.6 Å². The molecule has 32 heavy (non-hydrogen) atoms. The van der Waals surface area contributed by atoms with Crippen molar-refractivity contribution in [3.63, 3.8) is 0 Å². The Labute approximate surface area is 187 Å². The minimum atomic E-state index is 0.0130. The molecule has 0 N–H and O–H groups in total. The van der Waals surface area contributed by atoms with Gasteiger partial charge in [-0.2, -0.15) is 10.4 Å². The standard InChI is InChI=1S/C25H26N6O/c26-18-19-8-7-13-27-24(19)29-14-16-30(17-15-29)25(32)23-21-11-5-2-6-12-22(21)31(28-23)20-9-3-1-4-10-20/h1,3-4,7-10,13H,2,5-6,11-12,14-17H2. The second kappa shape index (κ2) is 8.83. The van der Waals surface area contributed by atoms with E-state index >= 15 is 0 Å². The van der Waals surface area contributed by atoms with Crippen LogP contribution in [0.25, 0.3) is 5.69 Å². The van der Waals surface area contributed by atoms with Gasteiger partial charge in [-0.15, -0.1) is 0 Å². The van der Waals surface area contributed by atoms with Crippen LogP contribution >= 0.6 is 0 Å². The summed E-state index contributed by atoms with van der Waals surface area (Å²) in [6.45, 7) is 2.48. The topological polar surface area (TPSA) is 78.1 Å². The Balaban J connectivity index is 1.39. The number of nitrogens with zero attached hydrogens (tertiary/aromatic N) is 6. The molecule has 7 heteroatoms. The van der Waals surface area contributed by atoms with E-state index in [0.29, 0.717) is 43.3 Å². The highest BCUT2D eigenvalue weighted by Gasteiger charge is 2.30. The van der Waals surface area contributed by atoms with E-state index in [-0.39, 0.29) is 5.91 Å². The van der Waals surface area contributed by atoms with Crippen LogP contribution in [-0.4, -0.2) is 51.8 Å². The van der Waals surface area contributed by atoms with Crippen LogP contribution < -0.4 is 4.90 Å². The van der Waals surface area contributed by atoms with Gasteiger partial charge in [0.2, 0.25) is 0 Å². The Bertz CT molecular complexity index is 1150. The lowest BCUT2D eigenvalue weighted by Crippen LogP contribution is -2.49. The third-order valence-corrected chi connectivity index (χ3v) is 6.41. The Morgan fingerprint density at radius 2 is 1.72 bits per heavy atom. The van der Waals surface area contributed by atoms with Gasteiger partial charge in [-0.1, -0.05) is 24.6 Å². The maximum absolute atomic E-state index is 13.6. The van der Waals surface area contributed by atoms with Crippen LogP contribution in [0.2, 0.25) is 0 Å². The molecule has 1 amide bonds. The number of para-hydroxylation sites is 1. The molecular weight excluding hydrogens is 400 g/mol. The molecule has 1 aliphatic carbocycles. The van der Waals surface area contributed by atoms with Crippen LogP contribution in [0.5, 0.6) is 0 Å². The van der Waals surface area contributed by atoms with Gasteiger partial charge in [0.25, 0.3) is 5.91 Å². The smallest absolute Gasteiger partial charge is 0.274 e. The van der Waals surface area contributed by atoms with Crippen molar-refractivity contribution in [1.82, 2.24) is 19.7 Å². The maximum atomic E-state index is 13.6. The molecule has 0 radical (unpaired) electrons. The number of nitriles is 1. The lowest BCUT2D eigenvalue weighted by Gasteiger charge is -2.35. The molecule has 2 aromatic heterocycles. The summed E-state index contributed by atoms with van der Waals surface area (Å²) in [5.74, 6) is 0.711. The van der Waals surface area contributed by atoms with Gasteiger partial charge in [-0.05, 0) is 49.9 Å². The number of rotatable bonds is 3. The monoisotopic (exact) mass is 426 g/mol. The molecule has 7 nitrogen and oxygen atoms in total. The quantitative estimate of drug-likeness (QED) is 0.600. The molecule has 2 aliphatic rings. The second-order valence-electron chi connectivity index (χ2n) is 8.35. The number of amides is 1. The maximum Gasteiger partial charge on any atom is 0.274 e. The molecule has 1 saturated heterocycles. The number of pyridine rings is 1. The van der Waals surface area contributed by atoms with E-state index < -0.39 is 0 Å². The summed E-state index contributed by atoms with van der Waals surface area (Å²) in [5, 5.41) is 14.2. The Kier molecular flexibility index (Phi) is 5.59. The van der Waals surface area contributed by atoms with Crippen LogP contribution in [0.4, 0.5) is 5.82 Å². The first-order valence-electron chi connectivity index (χ1n) is 11.3. The van der Waals surface area contributed by atoms with Crippen LogP contribution in [0, 0.1) is 11.3 Å². The zero-order chi connectivity index (χ0) is 21.9. The molecule has 1 fully saturated rings. The summed E-state index contributed by atoms with van der Waals surface area (Å²) >= 11 is 0. The zero-order valence-electron chi connectivity index (χ0n) is 18.1. The molecule has 0 spiro atoms. The van der Waals surface area contributed by atoms with Gasteiger partial charge in [-0.25, -0.2) is 9.67 Å². The number of anilines is 1. The summed E-state index contributed by atoms with van der Waals surface area (Å²) in [5.41, 5.74) is 4.49. The third kappa shape index (κ3) is 3.73. The van der Waals surface area contributed by atoms with E-state index in [0.717, 1.165) is 36.9 Å². The number of piperazine rings is 1. The summed E-state index contributed by atoms with van der Waals surface area (Å²) in [6.07, 6.45) is 6.97. The molecule has 3 heterocycles. The Morgan fingerprint density at radius 1 is 0.938 bits per heavy atom. The first kappa shape index (κ1) is 20.3. The highest BCUT2D eigenvalue weighted by molar-refractivity contribution is 5.94. The fourth-order valence-electron chi connectivity index (χ4n) is 4.74. The number of benzene rings is 1. The minimum Gasteiger partial charge on any atom is -0.352 e. The second-order valence-corrected chi connectivity index (χ2v) is 8.35. The van der Waals surface area contributed by atoms with Gasteiger partial charge in [0.05, 0.1) is 11.3 Å². The number of hydrogen-bond donors (Lipinski definition) is 0. The first-order valence-corrected chi connectivity index (χ1v) is 11.3. The van der Waals surface area contributed by atoms with Crippen molar-refractivity contribution in [3.05, 3.63) is 71.2 Å². The van der Waals surface area contributed by atoms with E-state index in [1.165, 1.54) is 12.1 Å². The Hall–Kier alpha value is -3.66. The van der Waals surface area contributed by atoms with Crippen LogP contribution in [0.3, 0.4) is 0 Å². The van der Waals surface area contributed by atoms with Crippen molar-refractivity contribution in [2.45, 2.75) is 32.1 Å². The average molecular weight is 427 g/mol. The number of fused-ring (bicyclic) bond motifs is 1. The number of carbonyl (C=O) groups is 1. The number of carbonyl (C=O) groups excluding carboxylic acids is 1. The molecule has 0 bridgehead atoms.